The number of pyridine rings is 1. The van der Waals surface area contributed by atoms with Crippen LogP contribution in [0.2, 0.25) is 0 Å². The number of amides is 1. The van der Waals surface area contributed by atoms with E-state index in [0.717, 1.165) is 0 Å². The van der Waals surface area contributed by atoms with E-state index >= 15 is 0 Å². The second kappa shape index (κ2) is 3.49. The van der Waals surface area contributed by atoms with Crippen LogP contribution < -0.4 is 5.73 Å². The Bertz CT molecular complexity index is 315. The van der Waals surface area contributed by atoms with Crippen LogP contribution in [0.1, 0.15) is 5.56 Å². The standard InChI is InChI=1S/C8H6N3O/c9-5-7(8(10)12)6-1-3-11-4-2-6/h1-4H,(H2,10,12). The first-order valence-corrected chi connectivity index (χ1v) is 3.23. The van der Waals surface area contributed by atoms with Gasteiger partial charge in [-0.2, -0.15) is 5.26 Å². The molecular weight excluding hydrogens is 154 g/mol. The number of aromatic nitrogens is 1. The van der Waals surface area contributed by atoms with E-state index in [1.165, 1.54) is 12.4 Å². The average molecular weight is 160 g/mol. The van der Waals surface area contributed by atoms with Crippen molar-refractivity contribution in [1.29, 1.82) is 5.26 Å². The molecular formula is C8H6N3O. The average Bonchev–Trinajstić information content (AvgIpc) is 2.07. The number of primary amides is 1. The van der Waals surface area contributed by atoms with Crippen molar-refractivity contribution < 1.29 is 4.79 Å². The van der Waals surface area contributed by atoms with Gasteiger partial charge in [-0.05, 0) is 17.7 Å². The van der Waals surface area contributed by atoms with Gasteiger partial charge in [0.25, 0.3) is 0 Å². The van der Waals surface area contributed by atoms with E-state index in [1.54, 1.807) is 18.2 Å². The van der Waals surface area contributed by atoms with Crippen LogP contribution in [0, 0.1) is 17.2 Å². The van der Waals surface area contributed by atoms with Crippen LogP contribution in [0.25, 0.3) is 0 Å². The van der Waals surface area contributed by atoms with Crippen molar-refractivity contribution in [1.82, 2.24) is 4.98 Å². The van der Waals surface area contributed by atoms with E-state index in [1.807, 2.05) is 0 Å². The summed E-state index contributed by atoms with van der Waals surface area (Å²) in [5.41, 5.74) is 5.46. The van der Waals surface area contributed by atoms with E-state index in [0.29, 0.717) is 5.56 Å². The fourth-order valence-electron chi connectivity index (χ4n) is 0.780. The molecule has 1 aromatic heterocycles. The number of nitrogens with zero attached hydrogens (tertiary/aromatic N) is 2. The molecule has 0 aliphatic carbocycles. The highest BCUT2D eigenvalue weighted by molar-refractivity contribution is 5.96. The molecule has 2 N–H and O–H groups in total. The van der Waals surface area contributed by atoms with Gasteiger partial charge in [0, 0.05) is 12.4 Å². The molecule has 0 spiro atoms. The highest BCUT2D eigenvalue weighted by Gasteiger charge is 2.17. The Labute approximate surface area is 69.6 Å². The predicted octanol–water partition coefficient (Wildman–Crippen LogP) is 0.0131. The van der Waals surface area contributed by atoms with Gasteiger partial charge in [0.1, 0.15) is 0 Å². The zero-order valence-electron chi connectivity index (χ0n) is 6.19. The molecule has 4 nitrogen and oxygen atoms in total. The summed E-state index contributed by atoms with van der Waals surface area (Å²) in [5.74, 6) is -0.763. The summed E-state index contributed by atoms with van der Waals surface area (Å²) in [6.07, 6.45) is 2.99. The molecule has 1 aromatic rings. The number of hydrogen-bond acceptors (Lipinski definition) is 3. The Hall–Kier alpha value is -1.89. The monoisotopic (exact) mass is 160 g/mol. The molecule has 59 valence electrons. The van der Waals surface area contributed by atoms with Gasteiger partial charge in [0.05, 0.1) is 6.07 Å². The molecule has 0 aromatic carbocycles. The minimum absolute atomic E-state index is 0.0441. The quantitative estimate of drug-likeness (QED) is 0.661. The molecule has 1 radical (unpaired) electrons. The summed E-state index contributed by atoms with van der Waals surface area (Å²) in [5, 5.41) is 8.54. The van der Waals surface area contributed by atoms with Crippen molar-refractivity contribution in [3.8, 4) is 6.07 Å². The van der Waals surface area contributed by atoms with Crippen molar-refractivity contribution in [3.63, 3.8) is 0 Å². The van der Waals surface area contributed by atoms with Crippen molar-refractivity contribution in [2.24, 2.45) is 5.73 Å². The Morgan fingerprint density at radius 2 is 2.08 bits per heavy atom. The first-order chi connectivity index (χ1) is 5.75. The summed E-state index contributed by atoms with van der Waals surface area (Å²) in [6, 6.07) is 4.85. The third kappa shape index (κ3) is 1.58. The summed E-state index contributed by atoms with van der Waals surface area (Å²) in [6.45, 7) is 0. The molecule has 4 heteroatoms. The van der Waals surface area contributed by atoms with Crippen molar-refractivity contribution in [2.45, 2.75) is 0 Å². The van der Waals surface area contributed by atoms with Gasteiger partial charge in [-0.3, -0.25) is 9.78 Å². The molecule has 1 amide bonds. The molecule has 0 atom stereocenters. The summed E-state index contributed by atoms with van der Waals surface area (Å²) in [7, 11) is 0. The zero-order valence-corrected chi connectivity index (χ0v) is 6.19. The Morgan fingerprint density at radius 3 is 2.50 bits per heavy atom. The SMILES string of the molecule is N#C[C](C(N)=O)c1ccncc1. The number of carbonyl (C=O) groups excluding carboxylic acids is 1. The second-order valence-corrected chi connectivity index (χ2v) is 2.09. The van der Waals surface area contributed by atoms with Crippen LogP contribution >= 0.6 is 0 Å². The molecule has 0 saturated heterocycles. The molecule has 1 heterocycles. The number of rotatable bonds is 2. The van der Waals surface area contributed by atoms with Crippen LogP contribution in [0.4, 0.5) is 0 Å². The van der Waals surface area contributed by atoms with Gasteiger partial charge >= 0.3 is 0 Å². The van der Waals surface area contributed by atoms with Gasteiger partial charge < -0.3 is 5.73 Å². The molecule has 0 saturated carbocycles. The maximum absolute atomic E-state index is 10.7. The highest BCUT2D eigenvalue weighted by atomic mass is 16.1. The van der Waals surface area contributed by atoms with E-state index in [4.69, 9.17) is 11.0 Å². The lowest BCUT2D eigenvalue weighted by molar-refractivity contribution is -0.115. The van der Waals surface area contributed by atoms with Crippen LogP contribution in [0.15, 0.2) is 24.5 Å². The number of hydrogen-bond donors (Lipinski definition) is 1. The molecule has 12 heavy (non-hydrogen) atoms. The smallest absolute Gasteiger partial charge is 0.245 e. The van der Waals surface area contributed by atoms with Crippen LogP contribution in [-0.4, -0.2) is 10.9 Å². The third-order valence-electron chi connectivity index (χ3n) is 1.33. The Morgan fingerprint density at radius 1 is 1.50 bits per heavy atom. The lowest BCUT2D eigenvalue weighted by atomic mass is 10.0. The molecule has 1 rings (SSSR count). The largest absolute Gasteiger partial charge is 0.368 e. The summed E-state index contributed by atoms with van der Waals surface area (Å²) < 4.78 is 0. The van der Waals surface area contributed by atoms with Gasteiger partial charge in [0.2, 0.25) is 5.91 Å². The first kappa shape index (κ1) is 8.21. The minimum Gasteiger partial charge on any atom is -0.368 e. The predicted molar refractivity (Wildman–Crippen MR) is 41.4 cm³/mol. The van der Waals surface area contributed by atoms with Gasteiger partial charge in [-0.25, -0.2) is 0 Å². The van der Waals surface area contributed by atoms with E-state index in [-0.39, 0.29) is 5.92 Å². The van der Waals surface area contributed by atoms with E-state index < -0.39 is 5.91 Å². The van der Waals surface area contributed by atoms with Crippen LogP contribution in [0.5, 0.6) is 0 Å². The first-order valence-electron chi connectivity index (χ1n) is 3.23. The minimum atomic E-state index is -0.719. The molecule has 0 bridgehead atoms. The molecule has 0 aliphatic rings. The fraction of sp³-hybridized carbons (Fsp3) is 0. The number of carbonyl (C=O) groups is 1. The van der Waals surface area contributed by atoms with Gasteiger partial charge in [-0.15, -0.1) is 0 Å². The van der Waals surface area contributed by atoms with Crippen LogP contribution in [0.3, 0.4) is 0 Å². The van der Waals surface area contributed by atoms with E-state index in [2.05, 4.69) is 4.98 Å². The lowest BCUT2D eigenvalue weighted by Crippen LogP contribution is -2.20. The van der Waals surface area contributed by atoms with Gasteiger partial charge in [0.15, 0.2) is 5.92 Å². The van der Waals surface area contributed by atoms with Crippen molar-refractivity contribution in [3.05, 3.63) is 36.0 Å². The number of nitriles is 1. The van der Waals surface area contributed by atoms with Crippen molar-refractivity contribution >= 4 is 5.91 Å². The lowest BCUT2D eigenvalue weighted by Gasteiger charge is -2.01. The normalized spacial score (nSPS) is 9.33. The number of nitrogens with two attached hydrogens (primary N) is 1. The van der Waals surface area contributed by atoms with E-state index in [9.17, 15) is 4.79 Å². The third-order valence-corrected chi connectivity index (χ3v) is 1.33. The molecule has 0 aliphatic heterocycles. The summed E-state index contributed by atoms with van der Waals surface area (Å²) >= 11 is 0. The maximum Gasteiger partial charge on any atom is 0.245 e. The maximum atomic E-state index is 10.7. The fourth-order valence-corrected chi connectivity index (χ4v) is 0.780. The van der Waals surface area contributed by atoms with Crippen LogP contribution in [-0.2, 0) is 4.79 Å². The highest BCUT2D eigenvalue weighted by Crippen LogP contribution is 2.10. The van der Waals surface area contributed by atoms with Gasteiger partial charge in [-0.1, -0.05) is 0 Å². The molecule has 0 fully saturated rings. The second-order valence-electron chi connectivity index (χ2n) is 2.09. The Balaban J connectivity index is 2.98. The Kier molecular flexibility index (Phi) is 2.38. The topological polar surface area (TPSA) is 79.8 Å². The summed E-state index contributed by atoms with van der Waals surface area (Å²) in [4.78, 5) is 14.4. The molecule has 0 unspecified atom stereocenters. The zero-order chi connectivity index (χ0) is 8.97. The van der Waals surface area contributed by atoms with Crippen molar-refractivity contribution in [2.75, 3.05) is 0 Å².